The van der Waals surface area contributed by atoms with Gasteiger partial charge >= 0.3 is 0 Å². The van der Waals surface area contributed by atoms with Crippen LogP contribution in [0.25, 0.3) is 0 Å². The van der Waals surface area contributed by atoms with Gasteiger partial charge in [0.25, 0.3) is 10.2 Å². The number of benzene rings is 1. The van der Waals surface area contributed by atoms with Crippen molar-refractivity contribution in [2.45, 2.75) is 12.5 Å². The Labute approximate surface area is 116 Å². The topological polar surface area (TPSA) is 52.7 Å². The number of hydrogen-bond acceptors (Lipinski definition) is 3. The maximum Gasteiger partial charge on any atom is 0.278 e. The summed E-state index contributed by atoms with van der Waals surface area (Å²) in [5, 5.41) is 0. The maximum atomic E-state index is 11.7. The predicted molar refractivity (Wildman–Crippen MR) is 78.2 cm³/mol. The zero-order valence-corrected chi connectivity index (χ0v) is 12.8. The van der Waals surface area contributed by atoms with Gasteiger partial charge in [0.1, 0.15) is 0 Å². The molecule has 1 atom stereocenters. The van der Waals surface area contributed by atoms with Gasteiger partial charge in [0, 0.05) is 26.7 Å². The minimum atomic E-state index is -3.36. The van der Waals surface area contributed by atoms with Gasteiger partial charge in [-0.1, -0.05) is 30.3 Å². The van der Waals surface area contributed by atoms with Crippen LogP contribution in [0.1, 0.15) is 5.56 Å². The van der Waals surface area contributed by atoms with E-state index in [-0.39, 0.29) is 6.04 Å². The van der Waals surface area contributed by atoms with E-state index in [9.17, 15) is 8.42 Å². The molecule has 1 aromatic carbocycles. The monoisotopic (exact) mass is 285 g/mol. The molecule has 0 heterocycles. The molecule has 0 saturated carbocycles. The quantitative estimate of drug-likeness (QED) is 0.796. The molecule has 0 bridgehead atoms. The molecule has 1 unspecified atom stereocenters. The van der Waals surface area contributed by atoms with Crippen LogP contribution in [-0.4, -0.2) is 58.4 Å². The van der Waals surface area contributed by atoms with Gasteiger partial charge < -0.3 is 4.90 Å². The van der Waals surface area contributed by atoms with Crippen LogP contribution in [-0.2, 0) is 16.6 Å². The van der Waals surface area contributed by atoms with E-state index in [1.807, 2.05) is 37.2 Å². The molecule has 1 rings (SSSR count). The molecule has 0 aromatic heterocycles. The van der Waals surface area contributed by atoms with Gasteiger partial charge in [-0.15, -0.1) is 0 Å². The fourth-order valence-electron chi connectivity index (χ4n) is 1.65. The number of nitrogens with zero attached hydrogens (tertiary/aromatic N) is 2. The highest BCUT2D eigenvalue weighted by Crippen LogP contribution is 2.06. The van der Waals surface area contributed by atoms with Crippen LogP contribution in [0.5, 0.6) is 0 Å². The van der Waals surface area contributed by atoms with Crippen molar-refractivity contribution in [2.75, 3.05) is 34.7 Å². The van der Waals surface area contributed by atoms with Crippen molar-refractivity contribution < 1.29 is 8.42 Å². The SMILES string of the molecule is CN(C)C(CNS(=O)(=O)N(C)C)Cc1ccccc1. The van der Waals surface area contributed by atoms with E-state index in [0.717, 1.165) is 6.42 Å². The Morgan fingerprint density at radius 1 is 1.11 bits per heavy atom. The van der Waals surface area contributed by atoms with Crippen molar-refractivity contribution in [1.82, 2.24) is 13.9 Å². The van der Waals surface area contributed by atoms with Crippen molar-refractivity contribution in [2.24, 2.45) is 0 Å². The predicted octanol–water partition coefficient (Wildman–Crippen LogP) is 0.555. The van der Waals surface area contributed by atoms with Gasteiger partial charge in [-0.25, -0.2) is 4.72 Å². The van der Waals surface area contributed by atoms with Gasteiger partial charge in [-0.05, 0) is 26.1 Å². The lowest BCUT2D eigenvalue weighted by Crippen LogP contribution is -2.45. The molecule has 108 valence electrons. The van der Waals surface area contributed by atoms with E-state index in [2.05, 4.69) is 16.9 Å². The Morgan fingerprint density at radius 2 is 1.68 bits per heavy atom. The summed E-state index contributed by atoms with van der Waals surface area (Å²) in [5.74, 6) is 0. The first-order valence-electron chi connectivity index (χ1n) is 6.20. The summed E-state index contributed by atoms with van der Waals surface area (Å²) < 4.78 is 27.2. The van der Waals surface area contributed by atoms with Crippen LogP contribution >= 0.6 is 0 Å². The van der Waals surface area contributed by atoms with Crippen molar-refractivity contribution >= 4 is 10.2 Å². The van der Waals surface area contributed by atoms with Gasteiger partial charge in [-0.3, -0.25) is 0 Å². The third-order valence-electron chi connectivity index (χ3n) is 3.03. The fourth-order valence-corrected chi connectivity index (χ4v) is 2.32. The maximum absolute atomic E-state index is 11.7. The molecule has 6 heteroatoms. The average molecular weight is 285 g/mol. The van der Waals surface area contributed by atoms with E-state index < -0.39 is 10.2 Å². The number of likely N-dealkylation sites (N-methyl/N-ethyl adjacent to an activating group) is 1. The fraction of sp³-hybridized carbons (Fsp3) is 0.538. The summed E-state index contributed by atoms with van der Waals surface area (Å²) in [6.07, 6.45) is 0.809. The Kier molecular flexibility index (Phi) is 5.93. The lowest BCUT2D eigenvalue weighted by Gasteiger charge is -2.25. The average Bonchev–Trinajstić information content (AvgIpc) is 2.35. The minimum Gasteiger partial charge on any atom is -0.305 e. The van der Waals surface area contributed by atoms with Gasteiger partial charge in [-0.2, -0.15) is 12.7 Å². The minimum absolute atomic E-state index is 0.122. The molecule has 19 heavy (non-hydrogen) atoms. The van der Waals surface area contributed by atoms with Crippen molar-refractivity contribution in [3.8, 4) is 0 Å². The van der Waals surface area contributed by atoms with E-state index in [0.29, 0.717) is 6.54 Å². The molecule has 0 saturated heterocycles. The molecule has 1 N–H and O–H groups in total. The molecule has 5 nitrogen and oxygen atoms in total. The lowest BCUT2D eigenvalue weighted by molar-refractivity contribution is 0.290. The van der Waals surface area contributed by atoms with Crippen molar-refractivity contribution in [3.05, 3.63) is 35.9 Å². The summed E-state index contributed by atoms with van der Waals surface area (Å²) in [7, 11) is 3.59. The molecular weight excluding hydrogens is 262 g/mol. The number of rotatable bonds is 7. The van der Waals surface area contributed by atoms with Crippen LogP contribution in [0.2, 0.25) is 0 Å². The second-order valence-corrected chi connectivity index (χ2v) is 6.91. The van der Waals surface area contributed by atoms with Crippen LogP contribution in [0.4, 0.5) is 0 Å². The third kappa shape index (κ3) is 5.28. The first-order chi connectivity index (χ1) is 8.83. The van der Waals surface area contributed by atoms with Gasteiger partial charge in [0.05, 0.1) is 0 Å². The third-order valence-corrected chi connectivity index (χ3v) is 4.52. The molecule has 0 fully saturated rings. The summed E-state index contributed by atoms with van der Waals surface area (Å²) >= 11 is 0. The summed E-state index contributed by atoms with van der Waals surface area (Å²) in [6, 6.07) is 10.2. The van der Waals surface area contributed by atoms with Gasteiger partial charge in [0.15, 0.2) is 0 Å². The molecule has 0 aliphatic carbocycles. The summed E-state index contributed by atoms with van der Waals surface area (Å²) in [5.41, 5.74) is 1.20. The number of hydrogen-bond donors (Lipinski definition) is 1. The Hall–Kier alpha value is -0.950. The standard InChI is InChI=1S/C13H23N3O2S/c1-15(2)13(10-12-8-6-5-7-9-12)11-14-19(17,18)16(3)4/h5-9,13-14H,10-11H2,1-4H3. The van der Waals surface area contributed by atoms with Crippen LogP contribution in [0, 0.1) is 0 Å². The van der Waals surface area contributed by atoms with Crippen LogP contribution in [0.3, 0.4) is 0 Å². The zero-order chi connectivity index (χ0) is 14.5. The highest BCUT2D eigenvalue weighted by atomic mass is 32.2. The smallest absolute Gasteiger partial charge is 0.278 e. The van der Waals surface area contributed by atoms with E-state index >= 15 is 0 Å². The van der Waals surface area contributed by atoms with E-state index in [1.165, 1.54) is 24.0 Å². The number of nitrogens with one attached hydrogen (secondary N) is 1. The molecule has 0 aliphatic heterocycles. The molecule has 1 aromatic rings. The molecular formula is C13H23N3O2S. The highest BCUT2D eigenvalue weighted by molar-refractivity contribution is 7.87. The lowest BCUT2D eigenvalue weighted by atomic mass is 10.1. The largest absolute Gasteiger partial charge is 0.305 e. The molecule has 0 spiro atoms. The first-order valence-corrected chi connectivity index (χ1v) is 7.64. The second kappa shape index (κ2) is 7.00. The zero-order valence-electron chi connectivity index (χ0n) is 12.0. The Bertz CT molecular complexity index is 472. The van der Waals surface area contributed by atoms with Crippen LogP contribution < -0.4 is 4.72 Å². The molecule has 0 amide bonds. The van der Waals surface area contributed by atoms with Crippen LogP contribution in [0.15, 0.2) is 30.3 Å². The van der Waals surface area contributed by atoms with Crippen molar-refractivity contribution in [3.63, 3.8) is 0 Å². The Morgan fingerprint density at radius 3 is 2.16 bits per heavy atom. The summed E-state index contributed by atoms with van der Waals surface area (Å²) in [6.45, 7) is 0.391. The molecule has 0 radical (unpaired) electrons. The summed E-state index contributed by atoms with van der Waals surface area (Å²) in [4.78, 5) is 2.03. The highest BCUT2D eigenvalue weighted by Gasteiger charge is 2.18. The molecule has 0 aliphatic rings. The second-order valence-electron chi connectivity index (χ2n) is 4.94. The van der Waals surface area contributed by atoms with Crippen molar-refractivity contribution in [1.29, 1.82) is 0 Å². The normalized spacial score (nSPS) is 14.0. The van der Waals surface area contributed by atoms with E-state index in [1.54, 1.807) is 0 Å². The Balaban J connectivity index is 2.65. The van der Waals surface area contributed by atoms with E-state index in [4.69, 9.17) is 0 Å². The van der Waals surface area contributed by atoms with Gasteiger partial charge in [0.2, 0.25) is 0 Å². The first kappa shape index (κ1) is 16.1.